The van der Waals surface area contributed by atoms with E-state index in [2.05, 4.69) is 10.6 Å². The Morgan fingerprint density at radius 2 is 1.47 bits per heavy atom. The molecular formula is C24H25N3O6S. The Labute approximate surface area is 198 Å². The second kappa shape index (κ2) is 10.7. The minimum atomic E-state index is -4.09. The molecular weight excluding hydrogens is 458 g/mol. The average molecular weight is 484 g/mol. The van der Waals surface area contributed by atoms with Crippen LogP contribution in [0.15, 0.2) is 77.7 Å². The molecule has 3 rings (SSSR count). The van der Waals surface area contributed by atoms with E-state index in [9.17, 15) is 18.0 Å². The Bertz CT molecular complexity index is 1280. The van der Waals surface area contributed by atoms with Gasteiger partial charge in [0.05, 0.1) is 24.8 Å². The monoisotopic (exact) mass is 483 g/mol. The van der Waals surface area contributed by atoms with Crippen molar-refractivity contribution in [1.29, 1.82) is 0 Å². The lowest BCUT2D eigenvalue weighted by Gasteiger charge is -2.25. The summed E-state index contributed by atoms with van der Waals surface area (Å²) in [5.74, 6) is -0.0921. The smallest absolute Gasteiger partial charge is 0.264 e. The molecule has 0 saturated carbocycles. The highest BCUT2D eigenvalue weighted by atomic mass is 32.2. The van der Waals surface area contributed by atoms with Gasteiger partial charge in [-0.2, -0.15) is 0 Å². The predicted molar refractivity (Wildman–Crippen MR) is 130 cm³/mol. The van der Waals surface area contributed by atoms with E-state index in [1.807, 2.05) is 0 Å². The second-order valence-electron chi connectivity index (χ2n) is 7.17. The van der Waals surface area contributed by atoms with E-state index < -0.39 is 22.5 Å². The number of benzene rings is 3. The summed E-state index contributed by atoms with van der Waals surface area (Å²) in [7, 11) is -1.18. The Hall–Kier alpha value is -4.05. The molecule has 0 aromatic heterocycles. The molecule has 34 heavy (non-hydrogen) atoms. The number of sulfonamides is 1. The van der Waals surface area contributed by atoms with Crippen LogP contribution >= 0.6 is 0 Å². The van der Waals surface area contributed by atoms with Crippen molar-refractivity contribution in [2.45, 2.75) is 11.8 Å². The first-order chi connectivity index (χ1) is 16.2. The Balaban J connectivity index is 1.95. The van der Waals surface area contributed by atoms with Gasteiger partial charge < -0.3 is 20.1 Å². The third-order valence-electron chi connectivity index (χ3n) is 4.74. The van der Waals surface area contributed by atoms with Gasteiger partial charge in [0.15, 0.2) is 11.5 Å². The predicted octanol–water partition coefficient (Wildman–Crippen LogP) is 3.50. The number of hydrogen-bond acceptors (Lipinski definition) is 6. The number of hydrogen-bond donors (Lipinski definition) is 2. The maximum Gasteiger partial charge on any atom is 0.264 e. The Morgan fingerprint density at radius 3 is 2.09 bits per heavy atom. The van der Waals surface area contributed by atoms with Crippen LogP contribution in [0.2, 0.25) is 0 Å². The van der Waals surface area contributed by atoms with E-state index in [0.717, 1.165) is 4.31 Å². The summed E-state index contributed by atoms with van der Waals surface area (Å²) in [5, 5.41) is 5.31. The van der Waals surface area contributed by atoms with Crippen molar-refractivity contribution in [3.05, 3.63) is 72.8 Å². The van der Waals surface area contributed by atoms with Gasteiger partial charge in [-0.25, -0.2) is 8.42 Å². The lowest BCUT2D eigenvalue weighted by molar-refractivity contribution is -0.115. The molecule has 3 aromatic rings. The first-order valence-electron chi connectivity index (χ1n) is 10.2. The number of amides is 2. The highest BCUT2D eigenvalue weighted by Gasteiger charge is 2.28. The Morgan fingerprint density at radius 1 is 0.824 bits per heavy atom. The molecule has 3 aromatic carbocycles. The van der Waals surface area contributed by atoms with Crippen LogP contribution in [0.4, 0.5) is 17.1 Å². The molecule has 0 unspecified atom stereocenters. The van der Waals surface area contributed by atoms with Crippen LogP contribution in [-0.4, -0.2) is 41.0 Å². The zero-order chi connectivity index (χ0) is 24.7. The van der Waals surface area contributed by atoms with Crippen molar-refractivity contribution in [2.75, 3.05) is 35.7 Å². The van der Waals surface area contributed by atoms with Gasteiger partial charge in [-0.05, 0) is 42.5 Å². The number of nitrogens with zero attached hydrogens (tertiary/aromatic N) is 1. The number of carbonyl (C=O) groups excluding carboxylic acids is 2. The minimum absolute atomic E-state index is 0.0326. The lowest BCUT2D eigenvalue weighted by atomic mass is 10.2. The molecule has 2 amide bonds. The lowest BCUT2D eigenvalue weighted by Crippen LogP contribution is -2.38. The third kappa shape index (κ3) is 5.84. The first-order valence-corrected chi connectivity index (χ1v) is 11.7. The van der Waals surface area contributed by atoms with Gasteiger partial charge >= 0.3 is 0 Å². The largest absolute Gasteiger partial charge is 0.493 e. The molecule has 2 N–H and O–H groups in total. The summed E-state index contributed by atoms with van der Waals surface area (Å²) >= 11 is 0. The van der Waals surface area contributed by atoms with Crippen LogP contribution in [0.3, 0.4) is 0 Å². The molecule has 0 saturated heterocycles. The topological polar surface area (TPSA) is 114 Å². The highest BCUT2D eigenvalue weighted by Crippen LogP contribution is 2.33. The van der Waals surface area contributed by atoms with E-state index in [1.165, 1.54) is 45.4 Å². The van der Waals surface area contributed by atoms with Crippen LogP contribution in [-0.2, 0) is 19.6 Å². The summed E-state index contributed by atoms with van der Waals surface area (Å²) < 4.78 is 38.5. The number of anilines is 3. The van der Waals surface area contributed by atoms with Gasteiger partial charge in [0.2, 0.25) is 11.8 Å². The molecule has 0 fully saturated rings. The number of rotatable bonds is 9. The van der Waals surface area contributed by atoms with Gasteiger partial charge in [-0.15, -0.1) is 0 Å². The van der Waals surface area contributed by atoms with Crippen molar-refractivity contribution in [2.24, 2.45) is 0 Å². The van der Waals surface area contributed by atoms with Gasteiger partial charge in [0.25, 0.3) is 10.0 Å². The first kappa shape index (κ1) is 24.6. The van der Waals surface area contributed by atoms with E-state index in [0.29, 0.717) is 22.9 Å². The van der Waals surface area contributed by atoms with Crippen molar-refractivity contribution < 1.29 is 27.5 Å². The zero-order valence-corrected chi connectivity index (χ0v) is 19.8. The van der Waals surface area contributed by atoms with Gasteiger partial charge in [0, 0.05) is 24.4 Å². The minimum Gasteiger partial charge on any atom is -0.493 e. The summed E-state index contributed by atoms with van der Waals surface area (Å²) in [5.41, 5.74) is 1.13. The molecule has 0 radical (unpaired) electrons. The van der Waals surface area contributed by atoms with E-state index in [4.69, 9.17) is 9.47 Å². The molecule has 9 nitrogen and oxygen atoms in total. The molecule has 0 aliphatic rings. The van der Waals surface area contributed by atoms with Crippen LogP contribution < -0.4 is 24.4 Å². The SMILES string of the molecule is COc1ccc(N(CC(=O)Nc2cccc(NC(C)=O)c2)S(=O)(=O)c2ccccc2)cc1OC. The second-order valence-corrected chi connectivity index (χ2v) is 9.04. The molecule has 0 aliphatic heterocycles. The number of ether oxygens (including phenoxy) is 2. The molecule has 178 valence electrons. The summed E-state index contributed by atoms with van der Waals surface area (Å²) in [4.78, 5) is 24.3. The van der Waals surface area contributed by atoms with E-state index in [1.54, 1.807) is 48.5 Å². The quantitative estimate of drug-likeness (QED) is 0.482. The van der Waals surface area contributed by atoms with Gasteiger partial charge in [-0.1, -0.05) is 24.3 Å². The number of nitrogens with one attached hydrogen (secondary N) is 2. The molecule has 0 spiro atoms. The fraction of sp³-hybridized carbons (Fsp3) is 0.167. The summed E-state index contributed by atoms with van der Waals surface area (Å²) in [6.07, 6.45) is 0. The average Bonchev–Trinajstić information content (AvgIpc) is 2.82. The van der Waals surface area contributed by atoms with Crippen LogP contribution in [0, 0.1) is 0 Å². The summed E-state index contributed by atoms with van der Waals surface area (Å²) in [6.45, 7) is 0.873. The van der Waals surface area contributed by atoms with Gasteiger partial charge in [0.1, 0.15) is 6.54 Å². The molecule has 0 bridgehead atoms. The molecule has 0 atom stereocenters. The van der Waals surface area contributed by atoms with Crippen LogP contribution in [0.1, 0.15) is 6.92 Å². The van der Waals surface area contributed by atoms with E-state index >= 15 is 0 Å². The Kier molecular flexibility index (Phi) is 7.75. The third-order valence-corrected chi connectivity index (χ3v) is 6.53. The van der Waals surface area contributed by atoms with Crippen LogP contribution in [0.5, 0.6) is 11.5 Å². The van der Waals surface area contributed by atoms with Crippen molar-refractivity contribution in [3.8, 4) is 11.5 Å². The molecule has 0 aliphatic carbocycles. The normalized spacial score (nSPS) is 10.8. The van der Waals surface area contributed by atoms with Crippen LogP contribution in [0.25, 0.3) is 0 Å². The van der Waals surface area contributed by atoms with Crippen molar-refractivity contribution in [1.82, 2.24) is 0 Å². The summed E-state index contributed by atoms with van der Waals surface area (Å²) in [6, 6.07) is 19.0. The standard InChI is InChI=1S/C24H25N3O6S/c1-17(28)25-18-8-7-9-19(14-18)26-24(29)16-27(34(30,31)21-10-5-4-6-11-21)20-12-13-22(32-2)23(15-20)33-3/h4-15H,16H2,1-3H3,(H,25,28)(H,26,29). The number of methoxy groups -OCH3 is 2. The van der Waals surface area contributed by atoms with Crippen molar-refractivity contribution in [3.63, 3.8) is 0 Å². The fourth-order valence-electron chi connectivity index (χ4n) is 3.22. The molecule has 10 heteroatoms. The maximum absolute atomic E-state index is 13.5. The maximum atomic E-state index is 13.5. The fourth-order valence-corrected chi connectivity index (χ4v) is 4.66. The number of carbonyl (C=O) groups is 2. The molecule has 0 heterocycles. The van der Waals surface area contributed by atoms with Crippen molar-refractivity contribution >= 4 is 38.9 Å². The van der Waals surface area contributed by atoms with Gasteiger partial charge in [-0.3, -0.25) is 13.9 Å². The van der Waals surface area contributed by atoms with E-state index in [-0.39, 0.29) is 16.5 Å². The highest BCUT2D eigenvalue weighted by molar-refractivity contribution is 7.92. The zero-order valence-electron chi connectivity index (χ0n) is 18.9.